The van der Waals surface area contributed by atoms with Gasteiger partial charge < -0.3 is 5.32 Å². The van der Waals surface area contributed by atoms with Crippen molar-refractivity contribution in [3.05, 3.63) is 35.4 Å². The molecule has 0 saturated carbocycles. The van der Waals surface area contributed by atoms with Crippen LogP contribution in [-0.2, 0) is 0 Å². The van der Waals surface area contributed by atoms with Crippen LogP contribution < -0.4 is 5.32 Å². The SMILES string of the molecule is CCCC1CN(C(C)c2ccc(C)cc2)C(CC)CN1. The van der Waals surface area contributed by atoms with E-state index in [0.29, 0.717) is 18.1 Å². The highest BCUT2D eigenvalue weighted by atomic mass is 15.2. The van der Waals surface area contributed by atoms with E-state index in [1.165, 1.54) is 36.9 Å². The Kier molecular flexibility index (Phi) is 5.62. The van der Waals surface area contributed by atoms with Crippen molar-refractivity contribution in [1.82, 2.24) is 10.2 Å². The Labute approximate surface area is 124 Å². The molecule has 1 N–H and O–H groups in total. The summed E-state index contributed by atoms with van der Waals surface area (Å²) < 4.78 is 0. The summed E-state index contributed by atoms with van der Waals surface area (Å²) >= 11 is 0. The first-order valence-electron chi connectivity index (χ1n) is 8.21. The van der Waals surface area contributed by atoms with Crippen molar-refractivity contribution < 1.29 is 0 Å². The van der Waals surface area contributed by atoms with Gasteiger partial charge in [-0.15, -0.1) is 0 Å². The lowest BCUT2D eigenvalue weighted by atomic mass is 9.98. The summed E-state index contributed by atoms with van der Waals surface area (Å²) in [5, 5.41) is 3.72. The first-order valence-corrected chi connectivity index (χ1v) is 8.21. The van der Waals surface area contributed by atoms with Crippen LogP contribution in [-0.4, -0.2) is 30.1 Å². The van der Waals surface area contributed by atoms with Gasteiger partial charge >= 0.3 is 0 Å². The highest BCUT2D eigenvalue weighted by molar-refractivity contribution is 5.24. The molecule has 1 aliphatic rings. The third kappa shape index (κ3) is 3.62. The second kappa shape index (κ2) is 7.24. The van der Waals surface area contributed by atoms with Gasteiger partial charge in [0.1, 0.15) is 0 Å². The lowest BCUT2D eigenvalue weighted by molar-refractivity contribution is 0.0835. The zero-order valence-electron chi connectivity index (χ0n) is 13.5. The van der Waals surface area contributed by atoms with E-state index in [0.717, 1.165) is 6.54 Å². The number of piperazine rings is 1. The lowest BCUT2D eigenvalue weighted by Crippen LogP contribution is -2.56. The van der Waals surface area contributed by atoms with Crippen molar-refractivity contribution in [3.8, 4) is 0 Å². The van der Waals surface area contributed by atoms with E-state index in [1.54, 1.807) is 0 Å². The van der Waals surface area contributed by atoms with Crippen LogP contribution in [0.5, 0.6) is 0 Å². The molecule has 1 heterocycles. The number of nitrogens with one attached hydrogen (secondary N) is 1. The van der Waals surface area contributed by atoms with Crippen LogP contribution in [0.15, 0.2) is 24.3 Å². The van der Waals surface area contributed by atoms with Gasteiger partial charge in [-0.2, -0.15) is 0 Å². The van der Waals surface area contributed by atoms with Gasteiger partial charge in [-0.1, -0.05) is 50.1 Å². The predicted octanol–water partition coefficient (Wildman–Crippen LogP) is 3.91. The molecule has 1 aromatic rings. The van der Waals surface area contributed by atoms with E-state index < -0.39 is 0 Å². The van der Waals surface area contributed by atoms with Crippen molar-refractivity contribution in [2.24, 2.45) is 0 Å². The predicted molar refractivity (Wildman–Crippen MR) is 87.1 cm³/mol. The van der Waals surface area contributed by atoms with Crippen molar-refractivity contribution in [2.75, 3.05) is 13.1 Å². The van der Waals surface area contributed by atoms with Gasteiger partial charge in [0.2, 0.25) is 0 Å². The standard InChI is InChI=1S/C18H30N2/c1-5-7-17-13-20(18(6-2)12-19-17)15(4)16-10-8-14(3)9-11-16/h8-11,15,17-19H,5-7,12-13H2,1-4H3. The van der Waals surface area contributed by atoms with Gasteiger partial charge in [0.15, 0.2) is 0 Å². The molecule has 1 saturated heterocycles. The van der Waals surface area contributed by atoms with E-state index >= 15 is 0 Å². The van der Waals surface area contributed by atoms with Crippen LogP contribution in [0, 0.1) is 6.92 Å². The molecular formula is C18H30N2. The molecule has 2 rings (SSSR count). The molecule has 0 aliphatic carbocycles. The Morgan fingerprint density at radius 2 is 1.95 bits per heavy atom. The first-order chi connectivity index (χ1) is 9.65. The van der Waals surface area contributed by atoms with E-state index in [9.17, 15) is 0 Å². The molecular weight excluding hydrogens is 244 g/mol. The zero-order valence-corrected chi connectivity index (χ0v) is 13.5. The topological polar surface area (TPSA) is 15.3 Å². The number of hydrogen-bond acceptors (Lipinski definition) is 2. The van der Waals surface area contributed by atoms with Crippen LogP contribution >= 0.6 is 0 Å². The minimum absolute atomic E-state index is 0.516. The van der Waals surface area contributed by atoms with E-state index in [1.807, 2.05) is 0 Å². The quantitative estimate of drug-likeness (QED) is 0.876. The average Bonchev–Trinajstić information content (AvgIpc) is 2.47. The molecule has 1 aliphatic heterocycles. The first kappa shape index (κ1) is 15.5. The van der Waals surface area contributed by atoms with Crippen molar-refractivity contribution >= 4 is 0 Å². The maximum Gasteiger partial charge on any atom is 0.0324 e. The third-order valence-corrected chi connectivity index (χ3v) is 4.71. The number of rotatable bonds is 5. The van der Waals surface area contributed by atoms with Crippen molar-refractivity contribution in [3.63, 3.8) is 0 Å². The molecule has 20 heavy (non-hydrogen) atoms. The number of nitrogens with zero attached hydrogens (tertiary/aromatic N) is 1. The molecule has 0 radical (unpaired) electrons. The summed E-state index contributed by atoms with van der Waals surface area (Å²) in [6.45, 7) is 11.4. The Balaban J connectivity index is 2.11. The van der Waals surface area contributed by atoms with Gasteiger partial charge in [-0.3, -0.25) is 4.90 Å². The van der Waals surface area contributed by atoms with Gasteiger partial charge in [0.05, 0.1) is 0 Å². The molecule has 0 aromatic heterocycles. The Morgan fingerprint density at radius 1 is 1.25 bits per heavy atom. The molecule has 0 bridgehead atoms. The summed E-state index contributed by atoms with van der Waals surface area (Å²) in [7, 11) is 0. The van der Waals surface area contributed by atoms with Gasteiger partial charge in [-0.25, -0.2) is 0 Å². The fraction of sp³-hybridized carbons (Fsp3) is 0.667. The summed E-state index contributed by atoms with van der Waals surface area (Å²) in [4.78, 5) is 2.71. The lowest BCUT2D eigenvalue weighted by Gasteiger charge is -2.43. The Morgan fingerprint density at radius 3 is 2.55 bits per heavy atom. The minimum Gasteiger partial charge on any atom is -0.311 e. The van der Waals surface area contributed by atoms with Gasteiger partial charge in [0.25, 0.3) is 0 Å². The van der Waals surface area contributed by atoms with Crippen LogP contribution in [0.25, 0.3) is 0 Å². The van der Waals surface area contributed by atoms with Crippen LogP contribution in [0.3, 0.4) is 0 Å². The third-order valence-electron chi connectivity index (χ3n) is 4.71. The van der Waals surface area contributed by atoms with Crippen LogP contribution in [0.4, 0.5) is 0 Å². The summed E-state index contributed by atoms with van der Waals surface area (Å²) in [6, 6.07) is 10.9. The number of benzene rings is 1. The van der Waals surface area contributed by atoms with Gasteiger partial charge in [-0.05, 0) is 32.3 Å². The fourth-order valence-electron chi connectivity index (χ4n) is 3.32. The molecule has 112 valence electrons. The largest absolute Gasteiger partial charge is 0.311 e. The molecule has 1 fully saturated rings. The van der Waals surface area contributed by atoms with Gasteiger partial charge in [0, 0.05) is 31.2 Å². The monoisotopic (exact) mass is 274 g/mol. The molecule has 3 unspecified atom stereocenters. The Hall–Kier alpha value is -0.860. The Bertz CT molecular complexity index is 398. The fourth-order valence-corrected chi connectivity index (χ4v) is 3.32. The zero-order chi connectivity index (χ0) is 14.5. The van der Waals surface area contributed by atoms with Crippen molar-refractivity contribution in [2.45, 2.75) is 65.1 Å². The smallest absolute Gasteiger partial charge is 0.0324 e. The second-order valence-corrected chi connectivity index (χ2v) is 6.24. The molecule has 0 spiro atoms. The minimum atomic E-state index is 0.516. The summed E-state index contributed by atoms with van der Waals surface area (Å²) in [5.74, 6) is 0. The number of aryl methyl sites for hydroxylation is 1. The highest BCUT2D eigenvalue weighted by Gasteiger charge is 2.30. The molecule has 2 heteroatoms. The highest BCUT2D eigenvalue weighted by Crippen LogP contribution is 2.26. The second-order valence-electron chi connectivity index (χ2n) is 6.24. The van der Waals surface area contributed by atoms with Crippen LogP contribution in [0.1, 0.15) is 57.2 Å². The molecule has 0 amide bonds. The molecule has 3 atom stereocenters. The average molecular weight is 274 g/mol. The van der Waals surface area contributed by atoms with E-state index in [-0.39, 0.29) is 0 Å². The van der Waals surface area contributed by atoms with Crippen molar-refractivity contribution in [1.29, 1.82) is 0 Å². The normalized spacial score (nSPS) is 25.6. The summed E-state index contributed by atoms with van der Waals surface area (Å²) in [5.41, 5.74) is 2.79. The maximum absolute atomic E-state index is 3.72. The maximum atomic E-state index is 3.72. The molecule has 1 aromatic carbocycles. The molecule has 2 nitrogen and oxygen atoms in total. The van der Waals surface area contributed by atoms with Crippen LogP contribution in [0.2, 0.25) is 0 Å². The van der Waals surface area contributed by atoms with E-state index in [4.69, 9.17) is 0 Å². The van der Waals surface area contributed by atoms with E-state index in [2.05, 4.69) is 62.2 Å². The number of hydrogen-bond donors (Lipinski definition) is 1. The summed E-state index contributed by atoms with van der Waals surface area (Å²) in [6.07, 6.45) is 3.77.